The first-order chi connectivity index (χ1) is 13.9. The number of hydrogen-bond donors (Lipinski definition) is 1. The van der Waals surface area contributed by atoms with Crippen LogP contribution in [-0.2, 0) is 0 Å². The van der Waals surface area contributed by atoms with Gasteiger partial charge in [-0.3, -0.25) is 4.79 Å². The number of pyridine rings is 1. The Kier molecular flexibility index (Phi) is 4.72. The number of hydrogen-bond acceptors (Lipinski definition) is 5. The Morgan fingerprint density at radius 2 is 2.03 bits per heavy atom. The number of nitrogen functional groups attached to an aromatic ring is 1. The zero-order chi connectivity index (χ0) is 20.5. The van der Waals surface area contributed by atoms with Crippen molar-refractivity contribution in [3.05, 3.63) is 77.9 Å². The lowest BCUT2D eigenvalue weighted by Gasteiger charge is -2.20. The number of Topliss-reactive ketones (excluding diaryl/α,β-unsaturated/α-hetero) is 1. The van der Waals surface area contributed by atoms with E-state index in [9.17, 15) is 9.18 Å². The number of ether oxygens (including phenoxy) is 1. The lowest BCUT2D eigenvalue weighted by Crippen LogP contribution is -2.11. The first-order valence-electron chi connectivity index (χ1n) is 9.09. The standard InChI is InChI=1S/C22H19FN4O2/c1-13(28)15-4-7-20(27-9-3-8-25-27)18(11-15)14(2)29-21-12-16-10-17(23)5-6-19(16)26-22(21)24/h3-12,14H,1-2H3,(H2,24,26)/t14-/m0/s1. The van der Waals surface area contributed by atoms with Crippen molar-refractivity contribution in [1.29, 1.82) is 0 Å². The molecule has 0 fully saturated rings. The molecule has 1 atom stereocenters. The number of benzene rings is 2. The summed E-state index contributed by atoms with van der Waals surface area (Å²) in [5, 5.41) is 4.87. The van der Waals surface area contributed by atoms with Crippen molar-refractivity contribution in [3.8, 4) is 11.4 Å². The number of fused-ring (bicyclic) bond motifs is 1. The molecule has 0 amide bonds. The Morgan fingerprint density at radius 3 is 2.76 bits per heavy atom. The van der Waals surface area contributed by atoms with Crippen molar-refractivity contribution in [2.75, 3.05) is 5.73 Å². The third-order valence-corrected chi connectivity index (χ3v) is 4.70. The first-order valence-corrected chi connectivity index (χ1v) is 9.09. The van der Waals surface area contributed by atoms with E-state index in [1.165, 1.54) is 19.1 Å². The van der Waals surface area contributed by atoms with Crippen LogP contribution in [0.3, 0.4) is 0 Å². The van der Waals surface area contributed by atoms with Gasteiger partial charge >= 0.3 is 0 Å². The van der Waals surface area contributed by atoms with Gasteiger partial charge in [0.05, 0.1) is 11.2 Å². The van der Waals surface area contributed by atoms with Gasteiger partial charge in [-0.15, -0.1) is 0 Å². The summed E-state index contributed by atoms with van der Waals surface area (Å²) >= 11 is 0. The van der Waals surface area contributed by atoms with E-state index >= 15 is 0 Å². The predicted molar refractivity (Wildman–Crippen MR) is 109 cm³/mol. The molecule has 2 heterocycles. The highest BCUT2D eigenvalue weighted by Gasteiger charge is 2.18. The fourth-order valence-electron chi connectivity index (χ4n) is 3.21. The van der Waals surface area contributed by atoms with Crippen LogP contribution in [-0.4, -0.2) is 20.5 Å². The molecule has 0 spiro atoms. The van der Waals surface area contributed by atoms with Crippen LogP contribution in [0.2, 0.25) is 0 Å². The smallest absolute Gasteiger partial charge is 0.166 e. The monoisotopic (exact) mass is 390 g/mol. The van der Waals surface area contributed by atoms with Gasteiger partial charge in [0.2, 0.25) is 0 Å². The molecule has 4 rings (SSSR count). The molecule has 29 heavy (non-hydrogen) atoms. The van der Waals surface area contributed by atoms with Crippen molar-refractivity contribution in [2.45, 2.75) is 20.0 Å². The van der Waals surface area contributed by atoms with Gasteiger partial charge < -0.3 is 10.5 Å². The largest absolute Gasteiger partial charge is 0.482 e. The molecule has 0 aliphatic heterocycles. The maximum absolute atomic E-state index is 13.6. The molecule has 0 saturated carbocycles. The van der Waals surface area contributed by atoms with Crippen LogP contribution in [0.4, 0.5) is 10.2 Å². The highest BCUT2D eigenvalue weighted by atomic mass is 19.1. The second kappa shape index (κ2) is 7.35. The number of ketones is 1. The summed E-state index contributed by atoms with van der Waals surface area (Å²) in [6, 6.07) is 13.1. The van der Waals surface area contributed by atoms with Crippen LogP contribution < -0.4 is 10.5 Å². The van der Waals surface area contributed by atoms with E-state index in [0.717, 1.165) is 11.3 Å². The second-order valence-corrected chi connectivity index (χ2v) is 6.75. The molecule has 0 radical (unpaired) electrons. The molecule has 2 aromatic heterocycles. The van der Waals surface area contributed by atoms with Crippen molar-refractivity contribution < 1.29 is 13.9 Å². The lowest BCUT2D eigenvalue weighted by molar-refractivity contribution is 0.101. The quantitative estimate of drug-likeness (QED) is 0.508. The van der Waals surface area contributed by atoms with Gasteiger partial charge in [0.15, 0.2) is 17.4 Å². The molecule has 0 saturated heterocycles. The van der Waals surface area contributed by atoms with Crippen molar-refractivity contribution in [1.82, 2.24) is 14.8 Å². The first kappa shape index (κ1) is 18.6. The molecule has 146 valence electrons. The summed E-state index contributed by atoms with van der Waals surface area (Å²) in [6.45, 7) is 3.36. The minimum atomic E-state index is -0.469. The Balaban J connectivity index is 1.75. The van der Waals surface area contributed by atoms with E-state index in [0.29, 0.717) is 22.2 Å². The molecular weight excluding hydrogens is 371 g/mol. The number of carbonyl (C=O) groups excluding carboxylic acids is 1. The van der Waals surface area contributed by atoms with E-state index in [1.54, 1.807) is 35.1 Å². The molecule has 0 aliphatic rings. The van der Waals surface area contributed by atoms with E-state index in [1.807, 2.05) is 25.3 Å². The van der Waals surface area contributed by atoms with E-state index < -0.39 is 6.10 Å². The van der Waals surface area contributed by atoms with Gasteiger partial charge in [0.1, 0.15) is 11.9 Å². The summed E-state index contributed by atoms with van der Waals surface area (Å²) < 4.78 is 21.4. The highest BCUT2D eigenvalue weighted by Crippen LogP contribution is 2.32. The molecule has 4 aromatic rings. The SMILES string of the molecule is CC(=O)c1ccc(-n2cccn2)c([C@H](C)Oc2cc3cc(F)ccc3nc2N)c1. The Hall–Kier alpha value is -3.74. The predicted octanol–water partition coefficient (Wildman–Crippen LogP) is 4.48. The maximum atomic E-state index is 13.6. The normalized spacial score (nSPS) is 12.1. The number of anilines is 1. The Labute approximate surface area is 166 Å². The number of nitrogens with zero attached hydrogens (tertiary/aromatic N) is 3. The molecule has 7 heteroatoms. The number of aromatic nitrogens is 3. The second-order valence-electron chi connectivity index (χ2n) is 6.75. The van der Waals surface area contributed by atoms with E-state index in [-0.39, 0.29) is 17.4 Å². The van der Waals surface area contributed by atoms with Crippen molar-refractivity contribution in [2.24, 2.45) is 0 Å². The van der Waals surface area contributed by atoms with Crippen LogP contribution in [0.5, 0.6) is 5.75 Å². The molecule has 0 bridgehead atoms. The summed E-state index contributed by atoms with van der Waals surface area (Å²) in [6.07, 6.45) is 3.02. The summed E-state index contributed by atoms with van der Waals surface area (Å²) in [5.74, 6) is 0.139. The minimum Gasteiger partial charge on any atom is -0.482 e. The Morgan fingerprint density at radius 1 is 1.21 bits per heavy atom. The zero-order valence-electron chi connectivity index (χ0n) is 16.0. The fourth-order valence-corrected chi connectivity index (χ4v) is 3.21. The molecule has 2 aromatic carbocycles. The van der Waals surface area contributed by atoms with Crippen LogP contribution in [0, 0.1) is 5.82 Å². The number of rotatable bonds is 5. The summed E-state index contributed by atoms with van der Waals surface area (Å²) in [4.78, 5) is 16.2. The van der Waals surface area contributed by atoms with Gasteiger partial charge in [-0.1, -0.05) is 0 Å². The van der Waals surface area contributed by atoms with Gasteiger partial charge in [-0.2, -0.15) is 5.10 Å². The van der Waals surface area contributed by atoms with Crippen molar-refractivity contribution in [3.63, 3.8) is 0 Å². The number of halogens is 1. The highest BCUT2D eigenvalue weighted by molar-refractivity contribution is 5.94. The topological polar surface area (TPSA) is 83.0 Å². The zero-order valence-corrected chi connectivity index (χ0v) is 16.0. The fraction of sp³-hybridized carbons (Fsp3) is 0.136. The van der Waals surface area contributed by atoms with Gasteiger partial charge in [-0.05, 0) is 62.4 Å². The third kappa shape index (κ3) is 3.67. The molecule has 2 N–H and O–H groups in total. The van der Waals surface area contributed by atoms with Crippen LogP contribution in [0.15, 0.2) is 60.9 Å². The van der Waals surface area contributed by atoms with Gasteiger partial charge in [0, 0.05) is 28.9 Å². The van der Waals surface area contributed by atoms with Gasteiger partial charge in [-0.25, -0.2) is 14.1 Å². The average molecular weight is 390 g/mol. The molecule has 0 unspecified atom stereocenters. The van der Waals surface area contributed by atoms with Crippen LogP contribution in [0.25, 0.3) is 16.6 Å². The van der Waals surface area contributed by atoms with Crippen LogP contribution in [0.1, 0.15) is 35.9 Å². The Bertz CT molecular complexity index is 1210. The summed E-state index contributed by atoms with van der Waals surface area (Å²) in [5.41, 5.74) is 8.76. The number of carbonyl (C=O) groups is 1. The van der Waals surface area contributed by atoms with Gasteiger partial charge in [0.25, 0.3) is 0 Å². The van der Waals surface area contributed by atoms with E-state index in [4.69, 9.17) is 10.5 Å². The van der Waals surface area contributed by atoms with E-state index in [2.05, 4.69) is 10.1 Å². The molecule has 6 nitrogen and oxygen atoms in total. The number of nitrogens with two attached hydrogens (primary N) is 1. The minimum absolute atomic E-state index is 0.0483. The van der Waals surface area contributed by atoms with Crippen LogP contribution >= 0.6 is 0 Å². The van der Waals surface area contributed by atoms with Crippen molar-refractivity contribution >= 4 is 22.5 Å². The average Bonchev–Trinajstić information content (AvgIpc) is 3.23. The molecule has 0 aliphatic carbocycles. The lowest BCUT2D eigenvalue weighted by atomic mass is 10.0. The summed E-state index contributed by atoms with van der Waals surface area (Å²) in [7, 11) is 0. The molecular formula is C22H19FN4O2. The maximum Gasteiger partial charge on any atom is 0.166 e. The third-order valence-electron chi connectivity index (χ3n) is 4.70.